The molecule has 1 aliphatic rings. The molecule has 7 heteroatoms. The first kappa shape index (κ1) is 21.6. The number of methoxy groups -OCH3 is 1. The lowest BCUT2D eigenvalue weighted by atomic mass is 9.79. The van der Waals surface area contributed by atoms with Gasteiger partial charge in [-0.15, -0.1) is 0 Å². The van der Waals surface area contributed by atoms with Crippen LogP contribution in [0.5, 0.6) is 11.5 Å². The molecule has 6 nitrogen and oxygen atoms in total. The van der Waals surface area contributed by atoms with Gasteiger partial charge in [-0.2, -0.15) is 0 Å². The Bertz CT molecular complexity index is 940. The minimum absolute atomic E-state index is 0.0831. The van der Waals surface area contributed by atoms with Crippen LogP contribution >= 0.6 is 0 Å². The molecule has 0 heterocycles. The van der Waals surface area contributed by atoms with Gasteiger partial charge < -0.3 is 14.6 Å². The fourth-order valence-corrected chi connectivity index (χ4v) is 4.61. The maximum absolute atomic E-state index is 12.7. The summed E-state index contributed by atoms with van der Waals surface area (Å²) < 4.78 is 38.9. The fraction of sp³-hybridized carbons (Fsp3) is 0.455. The number of aliphatic hydroxyl groups is 1. The van der Waals surface area contributed by atoms with Crippen LogP contribution in [0.2, 0.25) is 0 Å². The molecule has 0 amide bonds. The van der Waals surface area contributed by atoms with Crippen molar-refractivity contribution in [1.29, 1.82) is 0 Å². The van der Waals surface area contributed by atoms with E-state index in [4.69, 9.17) is 9.47 Å². The molecule has 2 aromatic rings. The summed E-state index contributed by atoms with van der Waals surface area (Å²) in [7, 11) is -2.15. The lowest BCUT2D eigenvalue weighted by Crippen LogP contribution is -2.42. The average Bonchev–Trinajstić information content (AvgIpc) is 2.71. The summed E-state index contributed by atoms with van der Waals surface area (Å²) in [6.07, 6.45) is 2.11. The molecular formula is C22H29NO5S. The Kier molecular flexibility index (Phi) is 6.51. The molecule has 1 aliphatic carbocycles. The van der Waals surface area contributed by atoms with E-state index < -0.39 is 15.6 Å². The second-order valence-corrected chi connectivity index (χ2v) is 9.68. The first-order chi connectivity index (χ1) is 13.7. The topological polar surface area (TPSA) is 84.9 Å². The highest BCUT2D eigenvalue weighted by Crippen LogP contribution is 2.37. The summed E-state index contributed by atoms with van der Waals surface area (Å²) in [5, 5.41) is 11.2. The van der Waals surface area contributed by atoms with E-state index in [2.05, 4.69) is 4.72 Å². The Hall–Kier alpha value is -2.09. The predicted molar refractivity (Wildman–Crippen MR) is 112 cm³/mol. The summed E-state index contributed by atoms with van der Waals surface area (Å²) in [4.78, 5) is 0.142. The average molecular weight is 420 g/mol. The predicted octanol–water partition coefficient (Wildman–Crippen LogP) is 3.23. The van der Waals surface area contributed by atoms with Gasteiger partial charge in [-0.3, -0.25) is 0 Å². The van der Waals surface area contributed by atoms with Gasteiger partial charge in [0.05, 0.1) is 18.6 Å². The molecule has 2 N–H and O–H groups in total. The van der Waals surface area contributed by atoms with E-state index in [0.29, 0.717) is 24.7 Å². The Balaban J connectivity index is 1.72. The number of hydrogen-bond acceptors (Lipinski definition) is 5. The van der Waals surface area contributed by atoms with Gasteiger partial charge in [-0.05, 0) is 72.7 Å². The molecule has 0 radical (unpaired) electrons. The molecule has 2 aromatic carbocycles. The van der Waals surface area contributed by atoms with Crippen molar-refractivity contribution >= 4 is 10.0 Å². The highest BCUT2D eigenvalue weighted by molar-refractivity contribution is 7.89. The number of fused-ring (bicyclic) bond motifs is 1. The molecule has 3 rings (SSSR count). The van der Waals surface area contributed by atoms with Crippen molar-refractivity contribution < 1.29 is 23.0 Å². The summed E-state index contributed by atoms with van der Waals surface area (Å²) in [6.45, 7) is 4.59. The maximum atomic E-state index is 12.7. The summed E-state index contributed by atoms with van der Waals surface area (Å²) >= 11 is 0. The Morgan fingerprint density at radius 1 is 1.14 bits per heavy atom. The van der Waals surface area contributed by atoms with Gasteiger partial charge in [-0.25, -0.2) is 13.1 Å². The Morgan fingerprint density at radius 2 is 1.83 bits per heavy atom. The zero-order valence-corrected chi connectivity index (χ0v) is 18.0. The normalized spacial score (nSPS) is 19.1. The minimum atomic E-state index is -3.75. The van der Waals surface area contributed by atoms with Gasteiger partial charge >= 0.3 is 0 Å². The number of aryl methyl sites for hydroxylation is 1. The smallest absolute Gasteiger partial charge is 0.240 e. The molecule has 1 atom stereocenters. The van der Waals surface area contributed by atoms with Crippen LogP contribution in [-0.2, 0) is 22.0 Å². The molecule has 1 unspecified atom stereocenters. The first-order valence-electron chi connectivity index (χ1n) is 9.86. The van der Waals surface area contributed by atoms with Crippen LogP contribution in [0.3, 0.4) is 0 Å². The summed E-state index contributed by atoms with van der Waals surface area (Å²) in [5.41, 5.74) is 0.501. The lowest BCUT2D eigenvalue weighted by Gasteiger charge is -2.34. The quantitative estimate of drug-likeness (QED) is 0.686. The van der Waals surface area contributed by atoms with Crippen molar-refractivity contribution in [3.63, 3.8) is 0 Å². The maximum Gasteiger partial charge on any atom is 0.240 e. The monoisotopic (exact) mass is 419 g/mol. The van der Waals surface area contributed by atoms with E-state index in [-0.39, 0.29) is 11.4 Å². The van der Waals surface area contributed by atoms with Crippen LogP contribution in [0.25, 0.3) is 0 Å². The van der Waals surface area contributed by atoms with E-state index in [1.165, 1.54) is 12.1 Å². The van der Waals surface area contributed by atoms with E-state index in [9.17, 15) is 13.5 Å². The van der Waals surface area contributed by atoms with Gasteiger partial charge in [0.1, 0.15) is 17.1 Å². The SMILES string of the molecule is COc1ccc2c(c1)CCCC2(O)CNS(=O)(=O)c1ccc(OCC(C)C)cc1. The van der Waals surface area contributed by atoms with Crippen molar-refractivity contribution in [3.05, 3.63) is 53.6 Å². The van der Waals surface area contributed by atoms with Crippen molar-refractivity contribution in [2.24, 2.45) is 5.92 Å². The van der Waals surface area contributed by atoms with E-state index in [1.54, 1.807) is 25.3 Å². The third-order valence-corrected chi connectivity index (χ3v) is 6.54. The first-order valence-corrected chi connectivity index (χ1v) is 11.3. The largest absolute Gasteiger partial charge is 0.497 e. The number of benzene rings is 2. The van der Waals surface area contributed by atoms with Crippen LogP contribution in [0.1, 0.15) is 37.8 Å². The Labute approximate surface area is 172 Å². The Morgan fingerprint density at radius 3 is 2.48 bits per heavy atom. The second-order valence-electron chi connectivity index (χ2n) is 7.91. The van der Waals surface area contributed by atoms with Crippen LogP contribution in [0.4, 0.5) is 0 Å². The molecular weight excluding hydrogens is 390 g/mol. The van der Waals surface area contributed by atoms with Gasteiger partial charge in [-0.1, -0.05) is 19.9 Å². The highest BCUT2D eigenvalue weighted by atomic mass is 32.2. The zero-order chi connectivity index (χ0) is 21.1. The number of ether oxygens (including phenoxy) is 2. The number of sulfonamides is 1. The van der Waals surface area contributed by atoms with Crippen LogP contribution in [-0.4, -0.2) is 33.8 Å². The fourth-order valence-electron chi connectivity index (χ4n) is 3.52. The molecule has 0 aliphatic heterocycles. The van der Waals surface area contributed by atoms with Crippen molar-refractivity contribution in [2.75, 3.05) is 20.3 Å². The molecule has 0 saturated heterocycles. The summed E-state index contributed by atoms with van der Waals surface area (Å²) in [6, 6.07) is 11.8. The highest BCUT2D eigenvalue weighted by Gasteiger charge is 2.35. The standard InChI is InChI=1S/C22H29NO5S/c1-16(2)14-28-18-6-9-20(10-7-18)29(25,26)23-15-22(24)12-4-5-17-13-19(27-3)8-11-21(17)22/h6-11,13,16,23-24H,4-5,12,14-15H2,1-3H3. The molecule has 0 saturated carbocycles. The van der Waals surface area contributed by atoms with Crippen LogP contribution < -0.4 is 14.2 Å². The van der Waals surface area contributed by atoms with E-state index in [1.807, 2.05) is 26.0 Å². The van der Waals surface area contributed by atoms with Crippen LogP contribution in [0, 0.1) is 5.92 Å². The number of hydrogen-bond donors (Lipinski definition) is 2. The van der Waals surface area contributed by atoms with E-state index in [0.717, 1.165) is 29.7 Å². The summed E-state index contributed by atoms with van der Waals surface area (Å²) in [5.74, 6) is 1.75. The molecule has 0 aromatic heterocycles. The van der Waals surface area contributed by atoms with Crippen LogP contribution in [0.15, 0.2) is 47.4 Å². The zero-order valence-electron chi connectivity index (χ0n) is 17.1. The third-order valence-electron chi connectivity index (χ3n) is 5.12. The molecule has 0 bridgehead atoms. The van der Waals surface area contributed by atoms with Gasteiger partial charge in [0.25, 0.3) is 0 Å². The van der Waals surface area contributed by atoms with Crippen molar-refractivity contribution in [3.8, 4) is 11.5 Å². The molecule has 0 spiro atoms. The van der Waals surface area contributed by atoms with E-state index >= 15 is 0 Å². The minimum Gasteiger partial charge on any atom is -0.497 e. The molecule has 0 fully saturated rings. The molecule has 29 heavy (non-hydrogen) atoms. The lowest BCUT2D eigenvalue weighted by molar-refractivity contribution is 0.0242. The van der Waals surface area contributed by atoms with Crippen molar-refractivity contribution in [2.45, 2.75) is 43.6 Å². The number of nitrogens with one attached hydrogen (secondary N) is 1. The second kappa shape index (κ2) is 8.73. The third kappa shape index (κ3) is 5.10. The molecule has 158 valence electrons. The number of rotatable bonds is 8. The van der Waals surface area contributed by atoms with Gasteiger partial charge in [0, 0.05) is 6.54 Å². The van der Waals surface area contributed by atoms with Crippen molar-refractivity contribution in [1.82, 2.24) is 4.72 Å². The van der Waals surface area contributed by atoms with Gasteiger partial charge in [0.2, 0.25) is 10.0 Å². The van der Waals surface area contributed by atoms with Gasteiger partial charge in [0.15, 0.2) is 0 Å².